The zero-order chi connectivity index (χ0) is 34.6. The van der Waals surface area contributed by atoms with Crippen molar-refractivity contribution in [2.75, 3.05) is 24.4 Å². The van der Waals surface area contributed by atoms with Crippen LogP contribution in [-0.2, 0) is 15.4 Å². The highest BCUT2D eigenvalue weighted by Gasteiger charge is 2.47. The fourth-order valence-corrected chi connectivity index (χ4v) is 9.09. The number of imidazole rings is 1. The van der Waals surface area contributed by atoms with Gasteiger partial charge < -0.3 is 9.47 Å². The van der Waals surface area contributed by atoms with Crippen molar-refractivity contribution in [3.63, 3.8) is 0 Å². The Labute approximate surface area is 283 Å². The minimum atomic E-state index is -5.63. The maximum absolute atomic E-state index is 14.6. The van der Waals surface area contributed by atoms with Crippen LogP contribution in [0.25, 0.3) is 11.0 Å². The van der Waals surface area contributed by atoms with Crippen LogP contribution >= 0.6 is 0 Å². The molecule has 1 amide bonds. The predicted octanol–water partition coefficient (Wildman–Crippen LogP) is 7.18. The number of hydrogen-bond acceptors (Lipinski definition) is 5. The van der Waals surface area contributed by atoms with E-state index in [1.807, 2.05) is 12.1 Å². The SMILES string of the molecule is Cc1nc2ccccc2n1C1CC2CCC(C1)N2CCC1(c2cccc(F)c2)CCN(C(=O)c2cccc(NS(=O)(=O)C(F)(F)F)c2)CC1. The number of piperidine rings is 2. The number of hydrogen-bond donors (Lipinski definition) is 1. The van der Waals surface area contributed by atoms with Gasteiger partial charge in [0.15, 0.2) is 0 Å². The summed E-state index contributed by atoms with van der Waals surface area (Å²) in [6.07, 6.45) is 6.36. The molecule has 0 radical (unpaired) electrons. The maximum Gasteiger partial charge on any atom is 0.516 e. The third-order valence-electron chi connectivity index (χ3n) is 11.0. The Kier molecular flexibility index (Phi) is 8.71. The lowest BCUT2D eigenvalue weighted by molar-refractivity contribution is -0.0429. The number of halogens is 4. The van der Waals surface area contributed by atoms with Crippen LogP contribution < -0.4 is 4.72 Å². The van der Waals surface area contributed by atoms with Gasteiger partial charge in [-0.1, -0.05) is 30.3 Å². The van der Waals surface area contributed by atoms with Gasteiger partial charge in [-0.25, -0.2) is 9.37 Å². The molecule has 0 aliphatic carbocycles. The number of carbonyl (C=O) groups is 1. The van der Waals surface area contributed by atoms with Crippen molar-refractivity contribution in [2.24, 2.45) is 0 Å². The third kappa shape index (κ3) is 6.42. The highest BCUT2D eigenvalue weighted by molar-refractivity contribution is 7.93. The van der Waals surface area contributed by atoms with Crippen LogP contribution in [-0.4, -0.2) is 70.9 Å². The fourth-order valence-electron chi connectivity index (χ4n) is 8.54. The van der Waals surface area contributed by atoms with Gasteiger partial charge in [-0.2, -0.15) is 21.6 Å². The van der Waals surface area contributed by atoms with Crippen molar-refractivity contribution in [3.8, 4) is 0 Å². The quantitative estimate of drug-likeness (QED) is 0.197. The van der Waals surface area contributed by atoms with Gasteiger partial charge in [-0.3, -0.25) is 14.4 Å². The standard InChI is InChI=1S/C36H39F4N5O3S/c1-24-41-32-10-2-3-11-33(32)45(24)31-22-29-12-13-30(23-31)44(29)19-16-35(26-7-5-8-27(37)21-26)14-17-43(18-15-35)34(46)25-6-4-9-28(20-25)42-49(47,48)36(38,39)40/h2-11,20-21,29-31,42H,12-19,22-23H2,1H3. The van der Waals surface area contributed by atoms with Gasteiger partial charge in [0.25, 0.3) is 5.91 Å². The van der Waals surface area contributed by atoms with Crippen molar-refractivity contribution in [2.45, 2.75) is 80.9 Å². The number of sulfonamides is 1. The number of aromatic nitrogens is 2. The Balaban J connectivity index is 1.05. The number of nitrogens with zero attached hydrogens (tertiary/aromatic N) is 4. The minimum Gasteiger partial charge on any atom is -0.339 e. The van der Waals surface area contributed by atoms with Gasteiger partial charge in [0.1, 0.15) is 11.6 Å². The van der Waals surface area contributed by atoms with Crippen LogP contribution in [0.5, 0.6) is 0 Å². The first kappa shape index (κ1) is 33.5. The number of likely N-dealkylation sites (tertiary alicyclic amines) is 1. The van der Waals surface area contributed by atoms with Crippen molar-refractivity contribution < 1.29 is 30.8 Å². The van der Waals surface area contributed by atoms with Gasteiger partial charge in [0.2, 0.25) is 0 Å². The Bertz CT molecular complexity index is 1960. The lowest BCUT2D eigenvalue weighted by Gasteiger charge is -2.45. The molecule has 0 spiro atoms. The van der Waals surface area contributed by atoms with E-state index in [1.165, 1.54) is 34.5 Å². The molecular weight excluding hydrogens is 658 g/mol. The summed E-state index contributed by atoms with van der Waals surface area (Å²) in [6, 6.07) is 21.4. The van der Waals surface area contributed by atoms with Crippen LogP contribution in [0, 0.1) is 12.7 Å². The average molecular weight is 698 g/mol. The maximum atomic E-state index is 14.6. The molecule has 260 valence electrons. The number of alkyl halides is 3. The first-order valence-corrected chi connectivity index (χ1v) is 18.3. The lowest BCUT2D eigenvalue weighted by atomic mass is 9.70. The molecule has 3 fully saturated rings. The fraction of sp³-hybridized carbons (Fsp3) is 0.444. The predicted molar refractivity (Wildman–Crippen MR) is 179 cm³/mol. The Morgan fingerprint density at radius 2 is 1.63 bits per heavy atom. The monoisotopic (exact) mass is 697 g/mol. The van der Waals surface area contributed by atoms with Crippen molar-refractivity contribution >= 4 is 32.7 Å². The molecule has 2 bridgehead atoms. The summed E-state index contributed by atoms with van der Waals surface area (Å²) in [5, 5.41) is 0. The summed E-state index contributed by atoms with van der Waals surface area (Å²) < 4.78 is 80.5. The number of nitrogens with one attached hydrogen (secondary N) is 1. The molecule has 4 heterocycles. The number of para-hydroxylation sites is 2. The summed E-state index contributed by atoms with van der Waals surface area (Å²) in [4.78, 5) is 22.6. The summed E-state index contributed by atoms with van der Waals surface area (Å²) in [5.74, 6) is 0.334. The Hall–Kier alpha value is -3.97. The topological polar surface area (TPSA) is 87.5 Å². The van der Waals surface area contributed by atoms with Gasteiger partial charge in [0.05, 0.1) is 11.0 Å². The number of anilines is 1. The number of aryl methyl sites for hydroxylation is 1. The van der Waals surface area contributed by atoms with Gasteiger partial charge in [-0.05, 0) is 112 Å². The highest BCUT2D eigenvalue weighted by Crippen LogP contribution is 2.45. The second-order valence-electron chi connectivity index (χ2n) is 13.7. The summed E-state index contributed by atoms with van der Waals surface area (Å²) in [7, 11) is -5.63. The second-order valence-corrected chi connectivity index (χ2v) is 15.4. The molecule has 1 aromatic heterocycles. The van der Waals surface area contributed by atoms with Crippen molar-refractivity contribution in [1.82, 2.24) is 19.4 Å². The number of amides is 1. The normalized spacial score (nSPS) is 22.8. The van der Waals surface area contributed by atoms with E-state index in [2.05, 4.69) is 34.6 Å². The van der Waals surface area contributed by atoms with Crippen LogP contribution in [0.3, 0.4) is 0 Å². The second kappa shape index (κ2) is 12.7. The molecule has 0 saturated carbocycles. The molecule has 2 unspecified atom stereocenters. The molecule has 3 aliphatic rings. The Morgan fingerprint density at radius 1 is 0.939 bits per heavy atom. The molecule has 2 atom stereocenters. The van der Waals surface area contributed by atoms with E-state index in [0.717, 1.165) is 61.6 Å². The first-order chi connectivity index (χ1) is 23.3. The summed E-state index contributed by atoms with van der Waals surface area (Å²) >= 11 is 0. The van der Waals surface area contributed by atoms with Crippen LogP contribution in [0.15, 0.2) is 72.8 Å². The average Bonchev–Trinajstić information content (AvgIpc) is 3.53. The molecule has 1 N–H and O–H groups in total. The number of carbonyl (C=O) groups excluding carboxylic acids is 1. The molecule has 7 rings (SSSR count). The van der Waals surface area contributed by atoms with Crippen LogP contribution in [0.4, 0.5) is 23.2 Å². The molecule has 3 aliphatic heterocycles. The molecule has 13 heteroatoms. The molecule has 3 saturated heterocycles. The summed E-state index contributed by atoms with van der Waals surface area (Å²) in [6.45, 7) is 3.68. The van der Waals surface area contributed by atoms with E-state index >= 15 is 0 Å². The van der Waals surface area contributed by atoms with Gasteiger partial charge in [-0.15, -0.1) is 0 Å². The number of rotatable bonds is 8. The lowest BCUT2D eigenvalue weighted by Crippen LogP contribution is -2.49. The summed E-state index contributed by atoms with van der Waals surface area (Å²) in [5.41, 5.74) is -3.00. The number of benzene rings is 3. The first-order valence-electron chi connectivity index (χ1n) is 16.8. The van der Waals surface area contributed by atoms with Crippen molar-refractivity contribution in [3.05, 3.63) is 95.6 Å². The zero-order valence-corrected chi connectivity index (χ0v) is 28.0. The highest BCUT2D eigenvalue weighted by atomic mass is 32.2. The molecule has 8 nitrogen and oxygen atoms in total. The molecule has 3 aromatic carbocycles. The molecule has 49 heavy (non-hydrogen) atoms. The van der Waals surface area contributed by atoms with E-state index in [9.17, 15) is 30.8 Å². The molecular formula is C36H39F4N5O3S. The van der Waals surface area contributed by atoms with Gasteiger partial charge >= 0.3 is 15.5 Å². The van der Waals surface area contributed by atoms with E-state index < -0.39 is 21.4 Å². The Morgan fingerprint density at radius 3 is 2.33 bits per heavy atom. The third-order valence-corrected chi connectivity index (χ3v) is 12.1. The van der Waals surface area contributed by atoms with Crippen LogP contribution in [0.2, 0.25) is 0 Å². The van der Waals surface area contributed by atoms with Crippen molar-refractivity contribution in [1.29, 1.82) is 0 Å². The van der Waals surface area contributed by atoms with Gasteiger partial charge in [0, 0.05) is 42.5 Å². The van der Waals surface area contributed by atoms with E-state index in [0.29, 0.717) is 44.1 Å². The van der Waals surface area contributed by atoms with E-state index in [-0.39, 0.29) is 22.5 Å². The minimum absolute atomic E-state index is 0.0842. The molecule has 4 aromatic rings. The zero-order valence-electron chi connectivity index (χ0n) is 27.2. The van der Waals surface area contributed by atoms with E-state index in [4.69, 9.17) is 4.98 Å². The van der Waals surface area contributed by atoms with Crippen LogP contribution in [0.1, 0.15) is 72.7 Å². The van der Waals surface area contributed by atoms with E-state index in [1.54, 1.807) is 17.0 Å². The number of fused-ring (bicyclic) bond motifs is 3. The largest absolute Gasteiger partial charge is 0.516 e. The smallest absolute Gasteiger partial charge is 0.339 e.